The fraction of sp³-hybridized carbons (Fsp3) is 0.316. The largest absolute Gasteiger partial charge is 0.496 e. The number of aliphatic carboxylic acids is 1. The van der Waals surface area contributed by atoms with E-state index in [0.717, 1.165) is 22.4 Å². The van der Waals surface area contributed by atoms with Crippen LogP contribution in [0.3, 0.4) is 0 Å². The first-order valence-corrected chi connectivity index (χ1v) is 7.69. The summed E-state index contributed by atoms with van der Waals surface area (Å²) in [6.07, 6.45) is 0. The molecular formula is C19H23NO3. The van der Waals surface area contributed by atoms with Crippen LogP contribution in [-0.2, 0) is 11.3 Å². The number of carboxylic acids is 1. The van der Waals surface area contributed by atoms with Gasteiger partial charge in [-0.25, -0.2) is 0 Å². The van der Waals surface area contributed by atoms with Crippen molar-refractivity contribution < 1.29 is 14.6 Å². The molecule has 1 N–H and O–H groups in total. The molecule has 2 aromatic rings. The Morgan fingerprint density at radius 3 is 2.35 bits per heavy atom. The highest BCUT2D eigenvalue weighted by molar-refractivity contribution is 5.70. The molecule has 0 aliphatic carbocycles. The highest BCUT2D eigenvalue weighted by Crippen LogP contribution is 2.29. The van der Waals surface area contributed by atoms with Gasteiger partial charge in [-0.2, -0.15) is 0 Å². The second-order valence-electron chi connectivity index (χ2n) is 5.79. The van der Waals surface area contributed by atoms with Crippen LogP contribution in [-0.4, -0.2) is 35.7 Å². The summed E-state index contributed by atoms with van der Waals surface area (Å²) in [5, 5.41) is 9.01. The lowest BCUT2D eigenvalue weighted by Crippen LogP contribution is -2.35. The first-order chi connectivity index (χ1) is 11.0. The summed E-state index contributed by atoms with van der Waals surface area (Å²) in [6, 6.07) is 16.3. The number of methoxy groups -OCH3 is 1. The van der Waals surface area contributed by atoms with Gasteiger partial charge in [0.2, 0.25) is 0 Å². The van der Waals surface area contributed by atoms with Crippen LogP contribution in [0.4, 0.5) is 0 Å². The van der Waals surface area contributed by atoms with Crippen LogP contribution in [0.2, 0.25) is 0 Å². The minimum Gasteiger partial charge on any atom is -0.496 e. The summed E-state index contributed by atoms with van der Waals surface area (Å²) in [4.78, 5) is 12.9. The molecule has 122 valence electrons. The number of benzene rings is 2. The predicted molar refractivity (Wildman–Crippen MR) is 91.6 cm³/mol. The quantitative estimate of drug-likeness (QED) is 0.847. The molecule has 0 saturated heterocycles. The summed E-state index contributed by atoms with van der Waals surface area (Å²) >= 11 is 0. The standard InChI is InChI=1S/C19H23NO3/c1-14(2)20(13-19(21)22)12-15-8-10-16(11-9-15)17-6-4-5-7-18(17)23-3/h4-11,14H,12-13H2,1-3H3,(H,21,22). The van der Waals surface area contributed by atoms with Crippen molar-refractivity contribution in [1.82, 2.24) is 4.90 Å². The summed E-state index contributed by atoms with van der Waals surface area (Å²) in [5.41, 5.74) is 3.23. The second kappa shape index (κ2) is 7.79. The number of ether oxygens (including phenoxy) is 1. The molecule has 0 amide bonds. The van der Waals surface area contributed by atoms with E-state index >= 15 is 0 Å². The van der Waals surface area contributed by atoms with Crippen molar-refractivity contribution in [3.8, 4) is 16.9 Å². The fourth-order valence-corrected chi connectivity index (χ4v) is 2.50. The first-order valence-electron chi connectivity index (χ1n) is 7.69. The van der Waals surface area contributed by atoms with Crippen molar-refractivity contribution in [2.75, 3.05) is 13.7 Å². The third-order valence-corrected chi connectivity index (χ3v) is 3.83. The van der Waals surface area contributed by atoms with Gasteiger partial charge in [-0.15, -0.1) is 0 Å². The molecular weight excluding hydrogens is 290 g/mol. The smallest absolute Gasteiger partial charge is 0.317 e. The number of nitrogens with zero attached hydrogens (tertiary/aromatic N) is 1. The van der Waals surface area contributed by atoms with Crippen molar-refractivity contribution >= 4 is 5.97 Å². The van der Waals surface area contributed by atoms with Crippen molar-refractivity contribution in [2.45, 2.75) is 26.4 Å². The van der Waals surface area contributed by atoms with Gasteiger partial charge < -0.3 is 9.84 Å². The van der Waals surface area contributed by atoms with Gasteiger partial charge in [-0.3, -0.25) is 9.69 Å². The Labute approximate surface area is 137 Å². The zero-order chi connectivity index (χ0) is 16.8. The van der Waals surface area contributed by atoms with Gasteiger partial charge in [0.15, 0.2) is 0 Å². The number of carbonyl (C=O) groups is 1. The van der Waals surface area contributed by atoms with Crippen molar-refractivity contribution in [3.05, 3.63) is 54.1 Å². The van der Waals surface area contributed by atoms with Gasteiger partial charge in [0.05, 0.1) is 13.7 Å². The average molecular weight is 313 g/mol. The van der Waals surface area contributed by atoms with Crippen molar-refractivity contribution in [3.63, 3.8) is 0 Å². The molecule has 0 radical (unpaired) electrons. The molecule has 0 bridgehead atoms. The molecule has 0 atom stereocenters. The van der Waals surface area contributed by atoms with E-state index in [4.69, 9.17) is 9.84 Å². The Morgan fingerprint density at radius 2 is 1.78 bits per heavy atom. The Balaban J connectivity index is 2.17. The normalized spacial score (nSPS) is 11.0. The molecule has 0 spiro atoms. The molecule has 0 aliphatic rings. The summed E-state index contributed by atoms with van der Waals surface area (Å²) < 4.78 is 5.40. The Hall–Kier alpha value is -2.33. The molecule has 4 nitrogen and oxygen atoms in total. The SMILES string of the molecule is COc1ccccc1-c1ccc(CN(CC(=O)O)C(C)C)cc1. The molecule has 0 heterocycles. The molecule has 23 heavy (non-hydrogen) atoms. The van der Waals surface area contributed by atoms with Crippen molar-refractivity contribution in [2.24, 2.45) is 0 Å². The summed E-state index contributed by atoms with van der Waals surface area (Å²) in [5.74, 6) is 0.0410. The predicted octanol–water partition coefficient (Wildman–Crippen LogP) is 3.66. The molecule has 0 fully saturated rings. The maximum Gasteiger partial charge on any atom is 0.317 e. The topological polar surface area (TPSA) is 49.8 Å². The van der Waals surface area contributed by atoms with Crippen molar-refractivity contribution in [1.29, 1.82) is 0 Å². The lowest BCUT2D eigenvalue weighted by Gasteiger charge is -2.24. The van der Waals surface area contributed by atoms with E-state index < -0.39 is 5.97 Å². The maximum absolute atomic E-state index is 11.0. The molecule has 0 unspecified atom stereocenters. The Morgan fingerprint density at radius 1 is 1.13 bits per heavy atom. The van der Waals surface area contributed by atoms with E-state index in [1.807, 2.05) is 67.3 Å². The van der Waals surface area contributed by atoms with Crippen LogP contribution < -0.4 is 4.74 Å². The molecule has 0 saturated carbocycles. The number of rotatable bonds is 7. The van der Waals surface area contributed by atoms with E-state index in [9.17, 15) is 4.79 Å². The maximum atomic E-state index is 11.0. The van der Waals surface area contributed by atoms with E-state index in [1.165, 1.54) is 0 Å². The molecule has 2 rings (SSSR count). The molecule has 0 aromatic heterocycles. The van der Waals surface area contributed by atoms with Crippen LogP contribution in [0, 0.1) is 0 Å². The molecule has 2 aromatic carbocycles. The van der Waals surface area contributed by atoms with Gasteiger partial charge in [0.25, 0.3) is 0 Å². The zero-order valence-corrected chi connectivity index (χ0v) is 13.8. The van der Waals surface area contributed by atoms with Crippen LogP contribution >= 0.6 is 0 Å². The number of hydrogen-bond donors (Lipinski definition) is 1. The summed E-state index contributed by atoms with van der Waals surface area (Å²) in [6.45, 7) is 4.68. The van der Waals surface area contributed by atoms with E-state index in [2.05, 4.69) is 0 Å². The van der Waals surface area contributed by atoms with Crippen LogP contribution in [0.15, 0.2) is 48.5 Å². The lowest BCUT2D eigenvalue weighted by atomic mass is 10.0. The van der Waals surface area contributed by atoms with E-state index in [1.54, 1.807) is 7.11 Å². The first kappa shape index (κ1) is 17.0. The monoisotopic (exact) mass is 313 g/mol. The highest BCUT2D eigenvalue weighted by atomic mass is 16.5. The third-order valence-electron chi connectivity index (χ3n) is 3.83. The van der Waals surface area contributed by atoms with Gasteiger partial charge in [-0.05, 0) is 31.0 Å². The number of hydrogen-bond acceptors (Lipinski definition) is 3. The van der Waals surface area contributed by atoms with Gasteiger partial charge in [-0.1, -0.05) is 42.5 Å². The Kier molecular flexibility index (Phi) is 5.77. The van der Waals surface area contributed by atoms with E-state index in [-0.39, 0.29) is 12.6 Å². The second-order valence-corrected chi connectivity index (χ2v) is 5.79. The van der Waals surface area contributed by atoms with Crippen LogP contribution in [0.25, 0.3) is 11.1 Å². The zero-order valence-electron chi connectivity index (χ0n) is 13.8. The minimum absolute atomic E-state index is 0.0475. The van der Waals surface area contributed by atoms with E-state index in [0.29, 0.717) is 6.54 Å². The average Bonchev–Trinajstić information content (AvgIpc) is 2.54. The van der Waals surface area contributed by atoms with Crippen LogP contribution in [0.1, 0.15) is 19.4 Å². The Bertz CT molecular complexity index is 650. The fourth-order valence-electron chi connectivity index (χ4n) is 2.50. The molecule has 0 aliphatic heterocycles. The van der Waals surface area contributed by atoms with Crippen LogP contribution in [0.5, 0.6) is 5.75 Å². The third kappa shape index (κ3) is 4.57. The molecule has 4 heteroatoms. The number of carboxylic acid groups (broad SMARTS) is 1. The van der Waals surface area contributed by atoms with Gasteiger partial charge in [0.1, 0.15) is 5.75 Å². The number of para-hydroxylation sites is 1. The highest BCUT2D eigenvalue weighted by Gasteiger charge is 2.14. The minimum atomic E-state index is -0.802. The lowest BCUT2D eigenvalue weighted by molar-refractivity contribution is -0.138. The van der Waals surface area contributed by atoms with Gasteiger partial charge >= 0.3 is 5.97 Å². The summed E-state index contributed by atoms with van der Waals surface area (Å²) in [7, 11) is 1.67. The van der Waals surface area contributed by atoms with Gasteiger partial charge in [0, 0.05) is 18.2 Å².